The molecule has 144 valence electrons. The molecule has 0 saturated carbocycles. The minimum absolute atomic E-state index is 0.0965. The molecule has 6 heteroatoms. The summed E-state index contributed by atoms with van der Waals surface area (Å²) in [4.78, 5) is 14.2. The van der Waals surface area contributed by atoms with Crippen molar-refractivity contribution < 1.29 is 9.53 Å². The van der Waals surface area contributed by atoms with Crippen LogP contribution in [0.4, 0.5) is 5.69 Å². The largest absolute Gasteiger partial charge is 0.482 e. The number of hydrazone groups is 1. The van der Waals surface area contributed by atoms with Crippen molar-refractivity contribution in [2.45, 2.75) is 27.7 Å². The van der Waals surface area contributed by atoms with E-state index in [4.69, 9.17) is 4.74 Å². The molecule has 27 heavy (non-hydrogen) atoms. The van der Waals surface area contributed by atoms with E-state index in [-0.39, 0.29) is 12.5 Å². The molecule has 5 nitrogen and oxygen atoms in total. The molecule has 0 aliphatic heterocycles. The maximum atomic E-state index is 11.9. The third kappa shape index (κ3) is 6.10. The topological polar surface area (TPSA) is 53.9 Å². The maximum absolute atomic E-state index is 11.9. The van der Waals surface area contributed by atoms with Gasteiger partial charge in [-0.05, 0) is 78.5 Å². The van der Waals surface area contributed by atoms with E-state index >= 15 is 0 Å². The summed E-state index contributed by atoms with van der Waals surface area (Å²) in [5.74, 6) is 0.365. The van der Waals surface area contributed by atoms with Gasteiger partial charge in [0.25, 0.3) is 5.91 Å². The third-order valence-corrected chi connectivity index (χ3v) is 4.73. The van der Waals surface area contributed by atoms with Gasteiger partial charge in [-0.1, -0.05) is 18.2 Å². The number of carbonyl (C=O) groups excluding carboxylic acids is 1. The van der Waals surface area contributed by atoms with Crippen molar-refractivity contribution in [3.05, 3.63) is 57.6 Å². The quantitative estimate of drug-likeness (QED) is 0.496. The van der Waals surface area contributed by atoms with Crippen molar-refractivity contribution in [3.63, 3.8) is 0 Å². The van der Waals surface area contributed by atoms with Crippen LogP contribution in [0.25, 0.3) is 0 Å². The number of hydrogen-bond acceptors (Lipinski definition) is 4. The number of ether oxygens (including phenoxy) is 1. The average Bonchev–Trinajstić information content (AvgIpc) is 2.63. The monoisotopic (exact) mass is 431 g/mol. The summed E-state index contributed by atoms with van der Waals surface area (Å²) < 4.78 is 6.45. The highest BCUT2D eigenvalue weighted by atomic mass is 79.9. The number of benzene rings is 2. The number of anilines is 1. The lowest BCUT2D eigenvalue weighted by molar-refractivity contribution is -0.123. The van der Waals surface area contributed by atoms with Gasteiger partial charge in [-0.15, -0.1) is 0 Å². The number of halogens is 1. The Bertz CT molecular complexity index is 777. The van der Waals surface area contributed by atoms with Crippen molar-refractivity contribution in [1.82, 2.24) is 5.43 Å². The second-order valence-corrected chi connectivity index (χ2v) is 7.09. The van der Waals surface area contributed by atoms with Gasteiger partial charge in [0.1, 0.15) is 5.75 Å². The van der Waals surface area contributed by atoms with Crippen LogP contribution in [0.1, 0.15) is 30.5 Å². The van der Waals surface area contributed by atoms with E-state index in [9.17, 15) is 4.79 Å². The second kappa shape index (κ2) is 10.1. The number of hydrogen-bond donors (Lipinski definition) is 1. The van der Waals surface area contributed by atoms with Gasteiger partial charge in [-0.25, -0.2) is 5.43 Å². The highest BCUT2D eigenvalue weighted by Crippen LogP contribution is 2.30. The highest BCUT2D eigenvalue weighted by Gasteiger charge is 2.09. The molecule has 0 atom stereocenters. The minimum atomic E-state index is -0.308. The van der Waals surface area contributed by atoms with Crippen molar-refractivity contribution in [2.75, 3.05) is 24.6 Å². The summed E-state index contributed by atoms with van der Waals surface area (Å²) in [6.07, 6.45) is 1.62. The molecule has 0 saturated heterocycles. The Balaban J connectivity index is 1.86. The predicted molar refractivity (Wildman–Crippen MR) is 115 cm³/mol. The second-order valence-electron chi connectivity index (χ2n) is 6.24. The Morgan fingerprint density at radius 3 is 2.44 bits per heavy atom. The zero-order chi connectivity index (χ0) is 19.8. The first-order valence-electron chi connectivity index (χ1n) is 9.01. The smallest absolute Gasteiger partial charge is 0.277 e. The van der Waals surface area contributed by atoms with Gasteiger partial charge in [-0.3, -0.25) is 4.79 Å². The van der Waals surface area contributed by atoms with Gasteiger partial charge in [0.15, 0.2) is 6.61 Å². The number of nitrogens with one attached hydrogen (secondary N) is 1. The Labute approximate surface area is 169 Å². The first-order valence-corrected chi connectivity index (χ1v) is 9.80. The third-order valence-electron chi connectivity index (χ3n) is 4.15. The molecule has 0 unspecified atom stereocenters. The molecule has 2 aromatic rings. The molecule has 0 aliphatic rings. The molecule has 0 aliphatic carbocycles. The number of amides is 1. The molecular weight excluding hydrogens is 406 g/mol. The molecule has 2 aromatic carbocycles. The molecule has 0 aromatic heterocycles. The van der Waals surface area contributed by atoms with E-state index in [1.807, 2.05) is 38.1 Å². The fourth-order valence-electron chi connectivity index (χ4n) is 2.79. The Morgan fingerprint density at radius 2 is 1.85 bits per heavy atom. The van der Waals surface area contributed by atoms with Crippen LogP contribution in [-0.4, -0.2) is 31.8 Å². The average molecular weight is 432 g/mol. The Morgan fingerprint density at radius 1 is 1.19 bits per heavy atom. The van der Waals surface area contributed by atoms with Crippen LogP contribution < -0.4 is 15.1 Å². The zero-order valence-corrected chi connectivity index (χ0v) is 17.8. The van der Waals surface area contributed by atoms with Crippen molar-refractivity contribution in [1.29, 1.82) is 0 Å². The standard InChI is InChI=1S/C21H26BrN3O2/c1-5-25(6-2)18-9-7-17(8-10-18)13-23-24-20(26)14-27-21-16(4)11-15(3)12-19(21)22/h7-13H,5-6,14H2,1-4H3,(H,24,26)/b23-13-. The molecule has 0 fully saturated rings. The maximum Gasteiger partial charge on any atom is 0.277 e. The molecule has 0 bridgehead atoms. The zero-order valence-electron chi connectivity index (χ0n) is 16.3. The summed E-state index contributed by atoms with van der Waals surface area (Å²) in [6.45, 7) is 10.1. The fraction of sp³-hybridized carbons (Fsp3) is 0.333. The normalized spacial score (nSPS) is 10.9. The molecule has 0 spiro atoms. The Hall–Kier alpha value is -2.34. The van der Waals surface area contributed by atoms with Crippen molar-refractivity contribution >= 4 is 33.7 Å². The Kier molecular flexibility index (Phi) is 7.85. The van der Waals surface area contributed by atoms with Crippen LogP contribution in [0.3, 0.4) is 0 Å². The first-order chi connectivity index (χ1) is 12.9. The first kappa shape index (κ1) is 21.0. The van der Waals surface area contributed by atoms with Crippen LogP contribution >= 0.6 is 15.9 Å². The molecule has 0 radical (unpaired) electrons. The van der Waals surface area contributed by atoms with Gasteiger partial charge >= 0.3 is 0 Å². The van der Waals surface area contributed by atoms with E-state index in [0.29, 0.717) is 5.75 Å². The number of rotatable bonds is 8. The summed E-state index contributed by atoms with van der Waals surface area (Å²) in [7, 11) is 0. The van der Waals surface area contributed by atoms with E-state index in [1.165, 1.54) is 5.69 Å². The van der Waals surface area contributed by atoms with E-state index < -0.39 is 0 Å². The van der Waals surface area contributed by atoms with Gasteiger partial charge in [-0.2, -0.15) is 5.10 Å². The molecular formula is C21H26BrN3O2. The van der Waals surface area contributed by atoms with Crippen LogP contribution in [0.15, 0.2) is 46.0 Å². The van der Waals surface area contributed by atoms with Crippen LogP contribution in [0.2, 0.25) is 0 Å². The molecule has 0 heterocycles. The molecule has 1 N–H and O–H groups in total. The minimum Gasteiger partial charge on any atom is -0.482 e. The van der Waals surface area contributed by atoms with Gasteiger partial charge < -0.3 is 9.64 Å². The van der Waals surface area contributed by atoms with E-state index in [1.54, 1.807) is 6.21 Å². The van der Waals surface area contributed by atoms with Crippen LogP contribution in [0.5, 0.6) is 5.75 Å². The highest BCUT2D eigenvalue weighted by molar-refractivity contribution is 9.10. The van der Waals surface area contributed by atoms with Gasteiger partial charge in [0.05, 0.1) is 10.7 Å². The number of nitrogens with zero attached hydrogens (tertiary/aromatic N) is 2. The van der Waals surface area contributed by atoms with Crippen molar-refractivity contribution in [2.24, 2.45) is 5.10 Å². The fourth-order valence-corrected chi connectivity index (χ4v) is 3.58. The lowest BCUT2D eigenvalue weighted by Gasteiger charge is -2.20. The lowest BCUT2D eigenvalue weighted by Crippen LogP contribution is -2.25. The van der Waals surface area contributed by atoms with E-state index in [0.717, 1.165) is 34.3 Å². The SMILES string of the molecule is CCN(CC)c1ccc(/C=N\NC(=O)COc2c(C)cc(C)cc2Br)cc1. The van der Waals surface area contributed by atoms with Crippen molar-refractivity contribution in [3.8, 4) is 5.75 Å². The summed E-state index contributed by atoms with van der Waals surface area (Å²) >= 11 is 3.47. The van der Waals surface area contributed by atoms with Gasteiger partial charge in [0, 0.05) is 18.8 Å². The van der Waals surface area contributed by atoms with Crippen LogP contribution in [-0.2, 0) is 4.79 Å². The molecule has 1 amide bonds. The number of aryl methyl sites for hydroxylation is 2. The summed E-state index contributed by atoms with van der Waals surface area (Å²) in [5, 5.41) is 4.00. The lowest BCUT2D eigenvalue weighted by atomic mass is 10.1. The van der Waals surface area contributed by atoms with Gasteiger partial charge in [0.2, 0.25) is 0 Å². The van der Waals surface area contributed by atoms with Crippen LogP contribution in [0, 0.1) is 13.8 Å². The predicted octanol–water partition coefficient (Wildman–Crippen LogP) is 4.44. The summed E-state index contributed by atoms with van der Waals surface area (Å²) in [6, 6.07) is 12.0. The molecule has 2 rings (SSSR count). The van der Waals surface area contributed by atoms with E-state index in [2.05, 4.69) is 57.3 Å². The summed E-state index contributed by atoms with van der Waals surface area (Å²) in [5.41, 5.74) is 6.70. The number of carbonyl (C=O) groups is 1.